The van der Waals surface area contributed by atoms with Crippen LogP contribution in [-0.2, 0) is 0 Å². The van der Waals surface area contributed by atoms with E-state index in [-0.39, 0.29) is 0 Å². The fourth-order valence-electron chi connectivity index (χ4n) is 2.29. The number of rotatable bonds is 5. The van der Waals surface area contributed by atoms with Gasteiger partial charge in [-0.2, -0.15) is 0 Å². The first kappa shape index (κ1) is 24.1. The molecule has 0 aliphatic carbocycles. The zero-order chi connectivity index (χ0) is 20.7. The number of nitrogens with one attached hydrogen (secondary N) is 1. The molecule has 0 aliphatic rings. The summed E-state index contributed by atoms with van der Waals surface area (Å²) in [5.41, 5.74) is 5.97. The maximum atomic E-state index is 8.40. The minimum atomic E-state index is 0.585. The van der Waals surface area contributed by atoms with Crippen molar-refractivity contribution in [3.05, 3.63) is 114 Å². The van der Waals surface area contributed by atoms with Gasteiger partial charge in [0.2, 0.25) is 0 Å². The van der Waals surface area contributed by atoms with Gasteiger partial charge in [0.15, 0.2) is 0 Å². The second-order valence-electron chi connectivity index (χ2n) is 5.83. The molecule has 0 unspecified atom stereocenters. The van der Waals surface area contributed by atoms with Gasteiger partial charge in [0.1, 0.15) is 0 Å². The second-order valence-corrected chi connectivity index (χ2v) is 5.83. The van der Waals surface area contributed by atoms with E-state index in [1.807, 2.05) is 75.4 Å². The van der Waals surface area contributed by atoms with E-state index in [4.69, 9.17) is 5.41 Å². The summed E-state index contributed by atoms with van der Waals surface area (Å²) in [6.07, 6.45) is 5.45. The molecule has 1 nitrogen and oxygen atoms in total. The van der Waals surface area contributed by atoms with Crippen LogP contribution in [0.1, 0.15) is 45.7 Å². The predicted octanol–water partition coefficient (Wildman–Crippen LogP) is 7.88. The van der Waals surface area contributed by atoms with Crippen molar-refractivity contribution in [2.45, 2.75) is 34.6 Å². The topological polar surface area (TPSA) is 23.9 Å². The molecule has 0 amide bonds. The third-order valence-electron chi connectivity index (χ3n) is 3.58. The van der Waals surface area contributed by atoms with Gasteiger partial charge in [0.25, 0.3) is 0 Å². The molecule has 27 heavy (non-hydrogen) atoms. The first-order valence-corrected chi connectivity index (χ1v) is 9.30. The molecular weight excluding hydrogens is 326 g/mol. The summed E-state index contributed by atoms with van der Waals surface area (Å²) in [7, 11) is 0. The van der Waals surface area contributed by atoms with Crippen LogP contribution in [0.5, 0.6) is 0 Å². The fourth-order valence-corrected chi connectivity index (χ4v) is 2.29. The quantitative estimate of drug-likeness (QED) is 0.414. The largest absolute Gasteiger partial charge is 0.300 e. The van der Waals surface area contributed by atoms with Gasteiger partial charge < -0.3 is 0 Å². The molecule has 2 rings (SSSR count). The van der Waals surface area contributed by atoms with E-state index in [1.165, 1.54) is 0 Å². The lowest BCUT2D eigenvalue weighted by molar-refractivity contribution is 1.38. The molecule has 0 atom stereocenters. The third kappa shape index (κ3) is 8.82. The van der Waals surface area contributed by atoms with Crippen molar-refractivity contribution in [2.75, 3.05) is 0 Å². The molecule has 0 bridgehead atoms. The Hall–Kier alpha value is -2.93. The number of benzene rings is 2. The lowest BCUT2D eigenvalue weighted by atomic mass is 9.93. The summed E-state index contributed by atoms with van der Waals surface area (Å²) >= 11 is 0. The van der Waals surface area contributed by atoms with Crippen LogP contribution >= 0.6 is 0 Å². The minimum absolute atomic E-state index is 0.585. The van der Waals surface area contributed by atoms with Crippen LogP contribution in [0.4, 0.5) is 0 Å². The van der Waals surface area contributed by atoms with E-state index >= 15 is 0 Å². The Morgan fingerprint density at radius 2 is 1.22 bits per heavy atom. The Morgan fingerprint density at radius 3 is 1.56 bits per heavy atom. The molecule has 0 aliphatic heterocycles. The highest BCUT2D eigenvalue weighted by Crippen LogP contribution is 2.23. The SMILES string of the molecule is C=C/C=C(/C)C=C.CC.CC(C)=C(C(=N)c1ccccc1)c1ccccc1. The summed E-state index contributed by atoms with van der Waals surface area (Å²) < 4.78 is 0. The molecule has 2 aromatic rings. The zero-order valence-corrected chi connectivity index (χ0v) is 17.4. The Labute approximate surface area is 166 Å². The average molecular weight is 360 g/mol. The van der Waals surface area contributed by atoms with E-state index in [0.717, 1.165) is 27.8 Å². The van der Waals surface area contributed by atoms with Crippen LogP contribution in [0.15, 0.2) is 103 Å². The number of hydrogen-bond acceptors (Lipinski definition) is 1. The minimum Gasteiger partial charge on any atom is -0.300 e. The normalized spacial score (nSPS) is 9.59. The summed E-state index contributed by atoms with van der Waals surface area (Å²) in [6, 6.07) is 20.0. The third-order valence-corrected chi connectivity index (χ3v) is 3.58. The maximum Gasteiger partial charge on any atom is 0.0689 e. The highest BCUT2D eigenvalue weighted by atomic mass is 14.4. The zero-order valence-electron chi connectivity index (χ0n) is 17.4. The Morgan fingerprint density at radius 1 is 0.778 bits per heavy atom. The van der Waals surface area contributed by atoms with Crippen molar-refractivity contribution < 1.29 is 0 Å². The molecule has 0 heterocycles. The number of hydrogen-bond donors (Lipinski definition) is 1. The van der Waals surface area contributed by atoms with Crippen LogP contribution in [0, 0.1) is 5.41 Å². The molecule has 2 aromatic carbocycles. The van der Waals surface area contributed by atoms with Gasteiger partial charge >= 0.3 is 0 Å². The monoisotopic (exact) mass is 359 g/mol. The van der Waals surface area contributed by atoms with Crippen molar-refractivity contribution >= 4 is 11.3 Å². The Balaban J connectivity index is 0.000000637. The van der Waals surface area contributed by atoms with Crippen LogP contribution in [0.2, 0.25) is 0 Å². The van der Waals surface area contributed by atoms with Gasteiger partial charge in [-0.25, -0.2) is 0 Å². The van der Waals surface area contributed by atoms with Crippen LogP contribution < -0.4 is 0 Å². The molecule has 0 saturated heterocycles. The second kappa shape index (κ2) is 14.3. The van der Waals surface area contributed by atoms with Crippen molar-refractivity contribution in [3.63, 3.8) is 0 Å². The lowest BCUT2D eigenvalue weighted by Crippen LogP contribution is -2.04. The van der Waals surface area contributed by atoms with Gasteiger partial charge in [-0.1, -0.05) is 117 Å². The predicted molar refractivity (Wildman–Crippen MR) is 123 cm³/mol. The van der Waals surface area contributed by atoms with E-state index in [2.05, 4.69) is 39.1 Å². The van der Waals surface area contributed by atoms with Gasteiger partial charge in [-0.15, -0.1) is 0 Å². The Kier molecular flexibility index (Phi) is 12.7. The van der Waals surface area contributed by atoms with E-state index in [1.54, 1.807) is 12.2 Å². The molecule has 0 radical (unpaired) electrons. The maximum absolute atomic E-state index is 8.40. The first-order valence-electron chi connectivity index (χ1n) is 9.30. The first-order chi connectivity index (χ1) is 13.0. The molecular formula is C26H33N. The van der Waals surface area contributed by atoms with Crippen LogP contribution in [0.3, 0.4) is 0 Å². The van der Waals surface area contributed by atoms with Crippen LogP contribution in [0.25, 0.3) is 5.57 Å². The van der Waals surface area contributed by atoms with Gasteiger partial charge in [0, 0.05) is 11.1 Å². The van der Waals surface area contributed by atoms with Crippen molar-refractivity contribution in [1.29, 1.82) is 5.41 Å². The standard InChI is InChI=1S/C17H17N.C7H10.C2H6/c1-13(2)16(14-9-5-3-6-10-14)17(18)15-11-7-4-8-12-15;1-4-6-7(3)5-2;1-2/h3-12,18H,1-2H3;4-6H,1-2H2,3H3;1-2H3/b;7-6-;. The highest BCUT2D eigenvalue weighted by Gasteiger charge is 2.11. The Bertz CT molecular complexity index is 758. The van der Waals surface area contributed by atoms with E-state index in [9.17, 15) is 0 Å². The van der Waals surface area contributed by atoms with Crippen molar-refractivity contribution in [1.82, 2.24) is 0 Å². The lowest BCUT2D eigenvalue weighted by Gasteiger charge is -2.12. The van der Waals surface area contributed by atoms with Crippen molar-refractivity contribution in [3.8, 4) is 0 Å². The van der Waals surface area contributed by atoms with Gasteiger partial charge in [-0.3, -0.25) is 5.41 Å². The van der Waals surface area contributed by atoms with Crippen molar-refractivity contribution in [2.24, 2.45) is 0 Å². The summed E-state index contributed by atoms with van der Waals surface area (Å²) in [4.78, 5) is 0. The molecule has 0 spiro atoms. The van der Waals surface area contributed by atoms with E-state index in [0.29, 0.717) is 5.71 Å². The number of allylic oxidation sites excluding steroid dienone is 6. The molecule has 0 saturated carbocycles. The van der Waals surface area contributed by atoms with Gasteiger partial charge in [0.05, 0.1) is 5.71 Å². The summed E-state index contributed by atoms with van der Waals surface area (Å²) in [5, 5.41) is 8.40. The average Bonchev–Trinajstić information content (AvgIpc) is 2.71. The van der Waals surface area contributed by atoms with Gasteiger partial charge in [-0.05, 0) is 26.3 Å². The molecule has 0 aromatic heterocycles. The highest BCUT2D eigenvalue weighted by molar-refractivity contribution is 6.30. The fraction of sp³-hybridized carbons (Fsp3) is 0.192. The molecule has 0 fully saturated rings. The summed E-state index contributed by atoms with van der Waals surface area (Å²) in [5.74, 6) is 0. The summed E-state index contributed by atoms with van der Waals surface area (Å²) in [6.45, 7) is 17.2. The molecule has 1 N–H and O–H groups in total. The smallest absolute Gasteiger partial charge is 0.0689 e. The van der Waals surface area contributed by atoms with Crippen LogP contribution in [-0.4, -0.2) is 5.71 Å². The molecule has 1 heteroatoms. The molecule has 142 valence electrons. The van der Waals surface area contributed by atoms with E-state index < -0.39 is 0 Å².